The van der Waals surface area contributed by atoms with E-state index in [-0.39, 0.29) is 42.1 Å². The molecule has 0 aromatic carbocycles. The third kappa shape index (κ3) is 7.56. The van der Waals surface area contributed by atoms with Crippen molar-refractivity contribution in [3.8, 4) is 0 Å². The molecule has 6 nitrogen and oxygen atoms in total. The van der Waals surface area contributed by atoms with Gasteiger partial charge in [0, 0.05) is 13.0 Å². The van der Waals surface area contributed by atoms with E-state index in [4.69, 9.17) is 18.9 Å². The molecular weight excluding hydrogens is 372 g/mol. The van der Waals surface area contributed by atoms with E-state index in [1.807, 2.05) is 41.5 Å². The van der Waals surface area contributed by atoms with E-state index in [0.29, 0.717) is 32.3 Å². The molecule has 5 atom stereocenters. The number of ether oxygens (including phenoxy) is 4. The smallest absolute Gasteiger partial charge is 0.309 e. The molecule has 0 spiro atoms. The number of hydrogen-bond donors (Lipinski definition) is 0. The van der Waals surface area contributed by atoms with E-state index < -0.39 is 11.2 Å². The summed E-state index contributed by atoms with van der Waals surface area (Å²) in [5.41, 5.74) is -1.46. The van der Waals surface area contributed by atoms with Crippen LogP contribution in [0.4, 0.5) is 0 Å². The highest BCUT2D eigenvalue weighted by molar-refractivity contribution is 5.73. The van der Waals surface area contributed by atoms with Crippen molar-refractivity contribution in [3.05, 3.63) is 0 Å². The summed E-state index contributed by atoms with van der Waals surface area (Å²) in [5.74, 6) is -0.665. The van der Waals surface area contributed by atoms with Crippen LogP contribution in [0.25, 0.3) is 0 Å². The molecule has 2 saturated heterocycles. The first-order chi connectivity index (χ1) is 13.5. The number of hydrogen-bond acceptors (Lipinski definition) is 6. The summed E-state index contributed by atoms with van der Waals surface area (Å²) in [5, 5.41) is 0. The summed E-state index contributed by atoms with van der Waals surface area (Å²) in [7, 11) is 0. The van der Waals surface area contributed by atoms with Gasteiger partial charge in [0.1, 0.15) is 11.2 Å². The minimum atomic E-state index is -0.730. The van der Waals surface area contributed by atoms with E-state index in [1.54, 1.807) is 0 Å². The molecule has 0 aromatic heterocycles. The molecule has 0 aromatic rings. The fraction of sp³-hybridized carbons (Fsp3) is 0.913. The maximum absolute atomic E-state index is 12.7. The molecule has 0 radical (unpaired) electrons. The van der Waals surface area contributed by atoms with Crippen molar-refractivity contribution < 1.29 is 28.5 Å². The normalized spacial score (nSPS) is 28.5. The monoisotopic (exact) mass is 412 g/mol. The van der Waals surface area contributed by atoms with E-state index >= 15 is 0 Å². The lowest BCUT2D eigenvalue weighted by molar-refractivity contribution is -0.178. The maximum Gasteiger partial charge on any atom is 0.309 e. The Labute approximate surface area is 176 Å². The predicted octanol–water partition coefficient (Wildman–Crippen LogP) is 4.43. The molecule has 2 fully saturated rings. The van der Waals surface area contributed by atoms with Gasteiger partial charge in [0.15, 0.2) is 0 Å². The van der Waals surface area contributed by atoms with Crippen molar-refractivity contribution in [2.45, 2.75) is 117 Å². The second kappa shape index (κ2) is 9.78. The number of rotatable bonds is 10. The first-order valence-corrected chi connectivity index (χ1v) is 11.2. The average Bonchev–Trinajstić information content (AvgIpc) is 3.35. The van der Waals surface area contributed by atoms with Crippen molar-refractivity contribution in [1.29, 1.82) is 0 Å². The topological polar surface area (TPSA) is 74.4 Å². The van der Waals surface area contributed by atoms with Crippen LogP contribution in [0, 0.1) is 11.8 Å². The van der Waals surface area contributed by atoms with Gasteiger partial charge in [-0.2, -0.15) is 0 Å². The van der Waals surface area contributed by atoms with Crippen LogP contribution in [0.5, 0.6) is 0 Å². The highest BCUT2D eigenvalue weighted by Gasteiger charge is 2.42. The number of epoxide rings is 1. The summed E-state index contributed by atoms with van der Waals surface area (Å²) >= 11 is 0. The molecule has 0 aliphatic carbocycles. The fourth-order valence-corrected chi connectivity index (χ4v) is 4.48. The van der Waals surface area contributed by atoms with Gasteiger partial charge in [-0.3, -0.25) is 9.59 Å². The van der Waals surface area contributed by atoms with Crippen LogP contribution in [-0.2, 0) is 28.5 Å². The van der Waals surface area contributed by atoms with Gasteiger partial charge in [-0.15, -0.1) is 0 Å². The summed E-state index contributed by atoms with van der Waals surface area (Å²) < 4.78 is 22.8. The van der Waals surface area contributed by atoms with E-state index in [1.165, 1.54) is 0 Å². The van der Waals surface area contributed by atoms with Gasteiger partial charge < -0.3 is 18.9 Å². The number of esters is 2. The minimum absolute atomic E-state index is 0.0792. The van der Waals surface area contributed by atoms with Gasteiger partial charge in [-0.25, -0.2) is 0 Å². The Bertz CT molecular complexity index is 570. The standard InChI is InChI=1S/C23H40O6/c1-8-16(13-19-18(9-2)27-19)20(24)28-22(4,5)14-23(6,7)29-21(25)17-10-11-26-15(3)12-17/h15-19H,8-14H2,1-7H3. The second-order valence-electron chi connectivity index (χ2n) is 9.90. The zero-order valence-electron chi connectivity index (χ0n) is 19.3. The van der Waals surface area contributed by atoms with Crippen LogP contribution in [0.15, 0.2) is 0 Å². The molecule has 5 unspecified atom stereocenters. The van der Waals surface area contributed by atoms with Crippen LogP contribution >= 0.6 is 0 Å². The van der Waals surface area contributed by atoms with E-state index in [2.05, 4.69) is 6.92 Å². The molecule has 0 N–H and O–H groups in total. The van der Waals surface area contributed by atoms with Gasteiger partial charge >= 0.3 is 11.9 Å². The van der Waals surface area contributed by atoms with E-state index in [9.17, 15) is 9.59 Å². The molecule has 2 aliphatic rings. The summed E-state index contributed by atoms with van der Waals surface area (Å²) in [6.45, 7) is 14.2. The molecule has 0 bridgehead atoms. The van der Waals surface area contributed by atoms with Gasteiger partial charge in [0.2, 0.25) is 0 Å². The Morgan fingerprint density at radius 3 is 2.28 bits per heavy atom. The molecule has 0 amide bonds. The molecule has 2 heterocycles. The van der Waals surface area contributed by atoms with Crippen molar-refractivity contribution in [1.82, 2.24) is 0 Å². The molecule has 0 saturated carbocycles. The second-order valence-corrected chi connectivity index (χ2v) is 9.90. The Hall–Kier alpha value is -1.14. The molecule has 6 heteroatoms. The predicted molar refractivity (Wildman–Crippen MR) is 110 cm³/mol. The van der Waals surface area contributed by atoms with Gasteiger partial charge in [0.25, 0.3) is 0 Å². The van der Waals surface area contributed by atoms with Gasteiger partial charge in [-0.05, 0) is 66.7 Å². The Balaban J connectivity index is 1.86. The van der Waals surface area contributed by atoms with Crippen LogP contribution in [0.3, 0.4) is 0 Å². The zero-order valence-corrected chi connectivity index (χ0v) is 19.3. The summed E-state index contributed by atoms with van der Waals surface area (Å²) in [4.78, 5) is 25.4. The van der Waals surface area contributed by atoms with Crippen molar-refractivity contribution in [3.63, 3.8) is 0 Å². The first kappa shape index (κ1) is 24.1. The molecule has 2 aliphatic heterocycles. The SMILES string of the molecule is CCC(CC1OC1CC)C(=O)OC(C)(C)CC(C)(C)OC(=O)C1CCOC(C)C1. The molecule has 2 rings (SSSR count). The van der Waals surface area contributed by atoms with Crippen LogP contribution in [0.2, 0.25) is 0 Å². The Kier molecular flexibility index (Phi) is 8.14. The highest BCUT2D eigenvalue weighted by atomic mass is 16.6. The van der Waals surface area contributed by atoms with Crippen molar-refractivity contribution in [2.24, 2.45) is 11.8 Å². The average molecular weight is 413 g/mol. The van der Waals surface area contributed by atoms with Gasteiger partial charge in [0.05, 0.1) is 30.1 Å². The third-order valence-corrected chi connectivity index (χ3v) is 5.86. The lowest BCUT2D eigenvalue weighted by Crippen LogP contribution is -2.42. The fourth-order valence-electron chi connectivity index (χ4n) is 4.48. The van der Waals surface area contributed by atoms with Crippen LogP contribution in [0.1, 0.15) is 87.0 Å². The lowest BCUT2D eigenvalue weighted by Gasteiger charge is -2.36. The third-order valence-electron chi connectivity index (χ3n) is 5.86. The Morgan fingerprint density at radius 2 is 1.72 bits per heavy atom. The molecule has 168 valence electrons. The lowest BCUT2D eigenvalue weighted by atomic mass is 9.90. The van der Waals surface area contributed by atoms with Crippen molar-refractivity contribution >= 4 is 11.9 Å². The minimum Gasteiger partial charge on any atom is -0.459 e. The number of carbonyl (C=O) groups excluding carboxylic acids is 2. The van der Waals surface area contributed by atoms with Crippen LogP contribution < -0.4 is 0 Å². The molecule has 29 heavy (non-hydrogen) atoms. The van der Waals surface area contributed by atoms with Gasteiger partial charge in [-0.1, -0.05) is 13.8 Å². The summed E-state index contributed by atoms with van der Waals surface area (Å²) in [6.07, 6.45) is 4.78. The molecular formula is C23H40O6. The first-order valence-electron chi connectivity index (χ1n) is 11.2. The largest absolute Gasteiger partial charge is 0.459 e. The van der Waals surface area contributed by atoms with Crippen molar-refractivity contribution in [2.75, 3.05) is 6.61 Å². The zero-order chi connectivity index (χ0) is 21.8. The number of carbonyl (C=O) groups is 2. The highest BCUT2D eigenvalue weighted by Crippen LogP contribution is 2.34. The van der Waals surface area contributed by atoms with Crippen LogP contribution in [-0.4, -0.2) is 48.1 Å². The summed E-state index contributed by atoms with van der Waals surface area (Å²) in [6, 6.07) is 0. The Morgan fingerprint density at radius 1 is 1.07 bits per heavy atom. The quantitative estimate of drug-likeness (QED) is 0.390. The van der Waals surface area contributed by atoms with E-state index in [0.717, 1.165) is 12.8 Å². The maximum atomic E-state index is 12.7.